The summed E-state index contributed by atoms with van der Waals surface area (Å²) in [5, 5.41) is 8.71. The van der Waals surface area contributed by atoms with Gasteiger partial charge in [0.2, 0.25) is 11.1 Å². The topological polar surface area (TPSA) is 69.0 Å². The molecule has 3 aromatic rings. The first-order valence-corrected chi connectivity index (χ1v) is 10.7. The second kappa shape index (κ2) is 8.47. The second-order valence-electron chi connectivity index (χ2n) is 6.91. The van der Waals surface area contributed by atoms with Gasteiger partial charge in [-0.25, -0.2) is 9.67 Å². The zero-order valence-corrected chi connectivity index (χ0v) is 17.8. The van der Waals surface area contributed by atoms with E-state index < -0.39 is 0 Å². The van der Waals surface area contributed by atoms with Crippen molar-refractivity contribution < 1.29 is 9.53 Å². The lowest BCUT2D eigenvalue weighted by molar-refractivity contribution is -0.113. The van der Waals surface area contributed by atoms with E-state index in [1.165, 1.54) is 11.8 Å². The molecule has 0 aliphatic heterocycles. The summed E-state index contributed by atoms with van der Waals surface area (Å²) in [6.07, 6.45) is 2.26. The highest BCUT2D eigenvalue weighted by molar-refractivity contribution is 7.99. The summed E-state index contributed by atoms with van der Waals surface area (Å²) in [5.41, 5.74) is 2.45. The first kappa shape index (κ1) is 19.8. The van der Waals surface area contributed by atoms with Crippen LogP contribution in [0.4, 0.5) is 5.69 Å². The number of benzene rings is 2. The SMILES string of the molecule is COc1cc(Cl)c(C)cc1NC(=O)CSc1nc(C2CC2)n(-c2ccccc2)n1. The minimum absolute atomic E-state index is 0.154. The number of nitrogens with zero attached hydrogens (tertiary/aromatic N) is 3. The van der Waals surface area contributed by atoms with Gasteiger partial charge in [0.05, 0.1) is 24.2 Å². The molecule has 1 aliphatic rings. The van der Waals surface area contributed by atoms with Gasteiger partial charge in [0, 0.05) is 17.0 Å². The van der Waals surface area contributed by atoms with E-state index in [1.54, 1.807) is 19.2 Å². The normalized spacial score (nSPS) is 13.3. The van der Waals surface area contributed by atoms with Crippen molar-refractivity contribution in [3.63, 3.8) is 0 Å². The lowest BCUT2D eigenvalue weighted by atomic mass is 10.2. The summed E-state index contributed by atoms with van der Waals surface area (Å²) in [5.74, 6) is 2.00. The number of anilines is 1. The van der Waals surface area contributed by atoms with Crippen molar-refractivity contribution >= 4 is 35.0 Å². The molecule has 1 aliphatic carbocycles. The lowest BCUT2D eigenvalue weighted by Gasteiger charge is -2.11. The number of amides is 1. The van der Waals surface area contributed by atoms with Crippen LogP contribution in [0.1, 0.15) is 30.1 Å². The monoisotopic (exact) mass is 428 g/mol. The molecule has 1 heterocycles. The van der Waals surface area contributed by atoms with Crippen LogP contribution in [0.25, 0.3) is 5.69 Å². The maximum absolute atomic E-state index is 12.5. The Hall–Kier alpha value is -2.51. The van der Waals surface area contributed by atoms with Gasteiger partial charge in [-0.1, -0.05) is 41.6 Å². The van der Waals surface area contributed by atoms with E-state index in [1.807, 2.05) is 41.9 Å². The van der Waals surface area contributed by atoms with Crippen molar-refractivity contribution in [2.45, 2.75) is 30.8 Å². The number of hydrogen-bond acceptors (Lipinski definition) is 5. The molecule has 150 valence electrons. The predicted octanol–water partition coefficient (Wildman–Crippen LogP) is 4.85. The van der Waals surface area contributed by atoms with Gasteiger partial charge in [-0.3, -0.25) is 4.79 Å². The molecule has 1 saturated carbocycles. The van der Waals surface area contributed by atoms with Gasteiger partial charge in [-0.2, -0.15) is 0 Å². The largest absolute Gasteiger partial charge is 0.495 e. The Kier molecular flexibility index (Phi) is 5.78. The molecule has 0 spiro atoms. The average molecular weight is 429 g/mol. The number of nitrogens with one attached hydrogen (secondary N) is 1. The fraction of sp³-hybridized carbons (Fsp3) is 0.286. The van der Waals surface area contributed by atoms with E-state index in [4.69, 9.17) is 16.3 Å². The Balaban J connectivity index is 1.46. The Labute approximate surface area is 178 Å². The van der Waals surface area contributed by atoms with Crippen molar-refractivity contribution in [2.24, 2.45) is 0 Å². The minimum Gasteiger partial charge on any atom is -0.495 e. The first-order chi connectivity index (χ1) is 14.0. The smallest absolute Gasteiger partial charge is 0.234 e. The number of ether oxygens (including phenoxy) is 1. The molecule has 0 bridgehead atoms. The molecule has 1 fully saturated rings. The second-order valence-corrected chi connectivity index (χ2v) is 8.26. The van der Waals surface area contributed by atoms with Crippen molar-refractivity contribution in [2.75, 3.05) is 18.2 Å². The number of methoxy groups -OCH3 is 1. The van der Waals surface area contributed by atoms with Gasteiger partial charge in [-0.15, -0.1) is 5.10 Å². The highest BCUT2D eigenvalue weighted by atomic mass is 35.5. The van der Waals surface area contributed by atoms with Crippen LogP contribution in [-0.2, 0) is 4.79 Å². The van der Waals surface area contributed by atoms with Crippen LogP contribution >= 0.6 is 23.4 Å². The summed E-state index contributed by atoms with van der Waals surface area (Å²) in [7, 11) is 1.55. The number of carbonyl (C=O) groups is 1. The van der Waals surface area contributed by atoms with E-state index in [2.05, 4.69) is 15.4 Å². The molecule has 4 rings (SSSR count). The summed E-state index contributed by atoms with van der Waals surface area (Å²) >= 11 is 7.45. The Bertz CT molecular complexity index is 1030. The van der Waals surface area contributed by atoms with Gasteiger partial charge < -0.3 is 10.1 Å². The molecule has 1 amide bonds. The zero-order valence-electron chi connectivity index (χ0n) is 16.2. The molecule has 1 N–H and O–H groups in total. The summed E-state index contributed by atoms with van der Waals surface area (Å²) in [4.78, 5) is 17.2. The minimum atomic E-state index is -0.154. The number of thioether (sulfide) groups is 1. The predicted molar refractivity (Wildman–Crippen MR) is 115 cm³/mol. The number of carbonyl (C=O) groups excluding carboxylic acids is 1. The van der Waals surface area contributed by atoms with Crippen molar-refractivity contribution in [3.05, 3.63) is 58.9 Å². The number of halogens is 1. The van der Waals surface area contributed by atoms with Gasteiger partial charge >= 0.3 is 0 Å². The number of hydrogen-bond donors (Lipinski definition) is 1. The quantitative estimate of drug-likeness (QED) is 0.545. The van der Waals surface area contributed by atoms with Crippen molar-refractivity contribution in [1.29, 1.82) is 0 Å². The number of aryl methyl sites for hydroxylation is 1. The molecule has 8 heteroatoms. The van der Waals surface area contributed by atoms with Gasteiger partial charge in [0.15, 0.2) is 0 Å². The fourth-order valence-corrected chi connectivity index (χ4v) is 3.76. The number of aromatic nitrogens is 3. The van der Waals surface area contributed by atoms with Crippen LogP contribution in [-0.4, -0.2) is 33.5 Å². The van der Waals surface area contributed by atoms with Gasteiger partial charge in [0.25, 0.3) is 0 Å². The molecule has 29 heavy (non-hydrogen) atoms. The number of para-hydroxylation sites is 1. The average Bonchev–Trinajstić information content (AvgIpc) is 3.49. The summed E-state index contributed by atoms with van der Waals surface area (Å²) < 4.78 is 7.20. The van der Waals surface area contributed by atoms with Crippen molar-refractivity contribution in [1.82, 2.24) is 14.8 Å². The van der Waals surface area contributed by atoms with E-state index in [-0.39, 0.29) is 11.7 Å². The van der Waals surface area contributed by atoms with Crippen molar-refractivity contribution in [3.8, 4) is 11.4 Å². The van der Waals surface area contributed by atoms with E-state index >= 15 is 0 Å². The molecule has 1 aromatic heterocycles. The molecule has 2 aromatic carbocycles. The maximum Gasteiger partial charge on any atom is 0.234 e. The Morgan fingerprint density at radius 3 is 2.76 bits per heavy atom. The van der Waals surface area contributed by atoms with Gasteiger partial charge in [0.1, 0.15) is 11.6 Å². The molecule has 6 nitrogen and oxygen atoms in total. The number of rotatable bonds is 7. The molecule has 0 saturated heterocycles. The fourth-order valence-electron chi connectivity index (χ4n) is 2.98. The molecular formula is C21H21ClN4O2S. The van der Waals surface area contributed by atoms with Crippen LogP contribution in [0.5, 0.6) is 5.75 Å². The van der Waals surface area contributed by atoms with Gasteiger partial charge in [-0.05, 0) is 43.5 Å². The summed E-state index contributed by atoms with van der Waals surface area (Å²) in [6.45, 7) is 1.88. The Morgan fingerprint density at radius 2 is 2.07 bits per heavy atom. The highest BCUT2D eigenvalue weighted by Crippen LogP contribution is 2.40. The standard InChI is InChI=1S/C21H21ClN4O2S/c1-13-10-17(18(28-2)11-16(13)22)23-19(27)12-29-21-24-20(14-8-9-14)26(25-21)15-6-4-3-5-7-15/h3-7,10-11,14H,8-9,12H2,1-2H3,(H,23,27). The van der Waals surface area contributed by atoms with E-state index in [0.717, 1.165) is 29.9 Å². The third kappa shape index (κ3) is 4.57. The molecule has 0 radical (unpaired) electrons. The molecule has 0 unspecified atom stereocenters. The maximum atomic E-state index is 12.5. The highest BCUT2D eigenvalue weighted by Gasteiger charge is 2.30. The zero-order chi connectivity index (χ0) is 20.4. The van der Waals surface area contributed by atoms with E-state index in [0.29, 0.717) is 27.5 Å². The van der Waals surface area contributed by atoms with Crippen LogP contribution in [0.15, 0.2) is 47.6 Å². The first-order valence-electron chi connectivity index (χ1n) is 9.34. The van der Waals surface area contributed by atoms with Crippen LogP contribution < -0.4 is 10.1 Å². The summed E-state index contributed by atoms with van der Waals surface area (Å²) in [6, 6.07) is 13.5. The van der Waals surface area contributed by atoms with Crippen LogP contribution in [0, 0.1) is 6.92 Å². The van der Waals surface area contributed by atoms with Crippen LogP contribution in [0.3, 0.4) is 0 Å². The van der Waals surface area contributed by atoms with Crippen LogP contribution in [0.2, 0.25) is 5.02 Å². The third-order valence-corrected chi connectivity index (χ3v) is 5.89. The molecular weight excluding hydrogens is 408 g/mol. The van der Waals surface area contributed by atoms with E-state index in [9.17, 15) is 4.79 Å². The Morgan fingerprint density at radius 1 is 1.31 bits per heavy atom. The third-order valence-electron chi connectivity index (χ3n) is 4.64. The molecule has 0 atom stereocenters. The lowest BCUT2D eigenvalue weighted by Crippen LogP contribution is -2.15.